The minimum Gasteiger partial charge on any atom is -0.373 e. The van der Waals surface area contributed by atoms with Crippen LogP contribution >= 0.6 is 15.9 Å². The van der Waals surface area contributed by atoms with Crippen molar-refractivity contribution in [3.63, 3.8) is 0 Å². The maximum Gasteiger partial charge on any atom is 0.138 e. The van der Waals surface area contributed by atoms with Gasteiger partial charge in [0.05, 0.1) is 0 Å². The number of benzene rings is 1. The van der Waals surface area contributed by atoms with E-state index in [1.165, 1.54) is 5.56 Å². The number of hydrogen-bond donors (Lipinski definition) is 2. The van der Waals surface area contributed by atoms with Gasteiger partial charge in [0.15, 0.2) is 0 Å². The molecule has 1 heterocycles. The quantitative estimate of drug-likeness (QED) is 0.909. The molecule has 0 atom stereocenters. The molecule has 5 heteroatoms. The molecular formula is C13H15BrN4. The largest absolute Gasteiger partial charge is 0.373 e. The van der Waals surface area contributed by atoms with Gasteiger partial charge in [-0.25, -0.2) is 9.97 Å². The Hall–Kier alpha value is -1.62. The zero-order valence-electron chi connectivity index (χ0n) is 10.6. The summed E-state index contributed by atoms with van der Waals surface area (Å²) in [4.78, 5) is 8.42. The molecule has 0 spiro atoms. The SMILES string of the molecule is CNc1ncnc(Nc2ccc(C)c(Br)c2)c1C. The Morgan fingerprint density at radius 2 is 1.83 bits per heavy atom. The first-order chi connectivity index (χ1) is 8.61. The van der Waals surface area contributed by atoms with Crippen LogP contribution in [0.25, 0.3) is 0 Å². The number of rotatable bonds is 3. The molecule has 0 saturated carbocycles. The monoisotopic (exact) mass is 306 g/mol. The summed E-state index contributed by atoms with van der Waals surface area (Å²) in [5.41, 5.74) is 3.20. The molecule has 94 valence electrons. The molecule has 1 aromatic heterocycles. The van der Waals surface area contributed by atoms with Crippen molar-refractivity contribution in [3.8, 4) is 0 Å². The summed E-state index contributed by atoms with van der Waals surface area (Å²) in [5, 5.41) is 6.34. The third-order valence-corrected chi connectivity index (χ3v) is 3.61. The Morgan fingerprint density at radius 3 is 2.50 bits per heavy atom. The summed E-state index contributed by atoms with van der Waals surface area (Å²) in [7, 11) is 1.85. The van der Waals surface area contributed by atoms with Crippen LogP contribution in [0.4, 0.5) is 17.3 Å². The third kappa shape index (κ3) is 2.61. The standard InChI is InChI=1S/C13H15BrN4/c1-8-4-5-10(6-11(8)14)18-13-9(2)12(15-3)16-7-17-13/h4-7H,1-3H3,(H2,15,16,17,18). The molecule has 0 unspecified atom stereocenters. The molecule has 0 amide bonds. The van der Waals surface area contributed by atoms with Crippen molar-refractivity contribution in [2.24, 2.45) is 0 Å². The smallest absolute Gasteiger partial charge is 0.138 e. The summed E-state index contributed by atoms with van der Waals surface area (Å²) in [6.07, 6.45) is 1.55. The van der Waals surface area contributed by atoms with Crippen LogP contribution in [0.15, 0.2) is 29.0 Å². The molecule has 2 N–H and O–H groups in total. The van der Waals surface area contributed by atoms with Crippen LogP contribution < -0.4 is 10.6 Å². The lowest BCUT2D eigenvalue weighted by Crippen LogP contribution is -2.02. The highest BCUT2D eigenvalue weighted by Crippen LogP contribution is 2.25. The van der Waals surface area contributed by atoms with Crippen LogP contribution in [0.1, 0.15) is 11.1 Å². The summed E-state index contributed by atoms with van der Waals surface area (Å²) in [5.74, 6) is 1.64. The van der Waals surface area contributed by atoms with Gasteiger partial charge in [0.1, 0.15) is 18.0 Å². The van der Waals surface area contributed by atoms with Crippen molar-refractivity contribution in [1.82, 2.24) is 9.97 Å². The molecule has 2 rings (SSSR count). The Bertz CT molecular complexity index is 569. The first-order valence-electron chi connectivity index (χ1n) is 5.64. The van der Waals surface area contributed by atoms with Crippen molar-refractivity contribution in [2.45, 2.75) is 13.8 Å². The second kappa shape index (κ2) is 5.35. The molecule has 0 aliphatic carbocycles. The van der Waals surface area contributed by atoms with E-state index in [0.717, 1.165) is 27.4 Å². The van der Waals surface area contributed by atoms with E-state index in [0.29, 0.717) is 0 Å². The van der Waals surface area contributed by atoms with E-state index >= 15 is 0 Å². The highest BCUT2D eigenvalue weighted by atomic mass is 79.9. The predicted molar refractivity (Wildman–Crippen MR) is 78.5 cm³/mol. The van der Waals surface area contributed by atoms with Crippen molar-refractivity contribution < 1.29 is 0 Å². The van der Waals surface area contributed by atoms with Gasteiger partial charge in [0, 0.05) is 22.8 Å². The first kappa shape index (κ1) is 12.8. The van der Waals surface area contributed by atoms with Crippen LogP contribution in [-0.4, -0.2) is 17.0 Å². The van der Waals surface area contributed by atoms with Crippen molar-refractivity contribution in [3.05, 3.63) is 40.1 Å². The highest BCUT2D eigenvalue weighted by molar-refractivity contribution is 9.10. The maximum atomic E-state index is 4.26. The summed E-state index contributed by atoms with van der Waals surface area (Å²) >= 11 is 3.52. The second-order valence-electron chi connectivity index (χ2n) is 4.03. The normalized spacial score (nSPS) is 10.2. The molecule has 0 aliphatic heterocycles. The number of halogens is 1. The second-order valence-corrected chi connectivity index (χ2v) is 4.89. The molecule has 18 heavy (non-hydrogen) atoms. The number of aromatic nitrogens is 2. The molecule has 0 aliphatic rings. The fraction of sp³-hybridized carbons (Fsp3) is 0.231. The molecule has 0 saturated heterocycles. The Balaban J connectivity index is 2.31. The summed E-state index contributed by atoms with van der Waals surface area (Å²) in [6, 6.07) is 6.12. The molecule has 0 fully saturated rings. The van der Waals surface area contributed by atoms with Gasteiger partial charge in [-0.2, -0.15) is 0 Å². The van der Waals surface area contributed by atoms with E-state index in [1.54, 1.807) is 6.33 Å². The fourth-order valence-corrected chi connectivity index (χ4v) is 2.01. The highest BCUT2D eigenvalue weighted by Gasteiger charge is 2.06. The Kier molecular flexibility index (Phi) is 3.81. The van der Waals surface area contributed by atoms with Crippen molar-refractivity contribution in [2.75, 3.05) is 17.7 Å². The molecular weight excluding hydrogens is 292 g/mol. The minimum atomic E-state index is 0.810. The van der Waals surface area contributed by atoms with Gasteiger partial charge in [0.2, 0.25) is 0 Å². The lowest BCUT2D eigenvalue weighted by atomic mass is 10.2. The van der Waals surface area contributed by atoms with Gasteiger partial charge in [-0.3, -0.25) is 0 Å². The molecule has 1 aromatic carbocycles. The van der Waals surface area contributed by atoms with Crippen LogP contribution in [0.2, 0.25) is 0 Å². The average molecular weight is 307 g/mol. The summed E-state index contributed by atoms with van der Waals surface area (Å²) in [6.45, 7) is 4.04. The van der Waals surface area contributed by atoms with Gasteiger partial charge < -0.3 is 10.6 Å². The zero-order chi connectivity index (χ0) is 13.1. The number of nitrogens with zero attached hydrogens (tertiary/aromatic N) is 2. The number of anilines is 3. The molecule has 0 bridgehead atoms. The Morgan fingerprint density at radius 1 is 1.11 bits per heavy atom. The van der Waals surface area contributed by atoms with Gasteiger partial charge in [-0.05, 0) is 31.5 Å². The van der Waals surface area contributed by atoms with Crippen LogP contribution in [0.3, 0.4) is 0 Å². The maximum absolute atomic E-state index is 4.26. The molecule has 2 aromatic rings. The van der Waals surface area contributed by atoms with E-state index in [4.69, 9.17) is 0 Å². The van der Waals surface area contributed by atoms with E-state index < -0.39 is 0 Å². The molecule has 4 nitrogen and oxygen atoms in total. The first-order valence-corrected chi connectivity index (χ1v) is 6.43. The van der Waals surface area contributed by atoms with E-state index in [1.807, 2.05) is 26.1 Å². The fourth-order valence-electron chi connectivity index (χ4n) is 1.64. The third-order valence-electron chi connectivity index (χ3n) is 2.76. The van der Waals surface area contributed by atoms with E-state index in [9.17, 15) is 0 Å². The predicted octanol–water partition coefficient (Wildman–Crippen LogP) is 3.64. The lowest BCUT2D eigenvalue weighted by Gasteiger charge is -2.11. The lowest BCUT2D eigenvalue weighted by molar-refractivity contribution is 1.12. The minimum absolute atomic E-state index is 0.810. The van der Waals surface area contributed by atoms with Crippen molar-refractivity contribution in [1.29, 1.82) is 0 Å². The molecule has 0 radical (unpaired) electrons. The summed E-state index contributed by atoms with van der Waals surface area (Å²) < 4.78 is 1.08. The van der Waals surface area contributed by atoms with Crippen LogP contribution in [0, 0.1) is 13.8 Å². The number of hydrogen-bond acceptors (Lipinski definition) is 4. The van der Waals surface area contributed by atoms with Gasteiger partial charge in [0.25, 0.3) is 0 Å². The van der Waals surface area contributed by atoms with Gasteiger partial charge in [-0.15, -0.1) is 0 Å². The Labute approximate surface area is 115 Å². The van der Waals surface area contributed by atoms with Crippen molar-refractivity contribution >= 4 is 33.3 Å². The van der Waals surface area contributed by atoms with Crippen LogP contribution in [-0.2, 0) is 0 Å². The van der Waals surface area contributed by atoms with E-state index in [2.05, 4.69) is 49.5 Å². The average Bonchev–Trinajstić information content (AvgIpc) is 2.36. The van der Waals surface area contributed by atoms with Crippen LogP contribution in [0.5, 0.6) is 0 Å². The van der Waals surface area contributed by atoms with Gasteiger partial charge in [-0.1, -0.05) is 22.0 Å². The number of nitrogens with one attached hydrogen (secondary N) is 2. The van der Waals surface area contributed by atoms with E-state index in [-0.39, 0.29) is 0 Å². The topological polar surface area (TPSA) is 49.8 Å². The van der Waals surface area contributed by atoms with Gasteiger partial charge >= 0.3 is 0 Å². The zero-order valence-corrected chi connectivity index (χ0v) is 12.2. The number of aryl methyl sites for hydroxylation is 1.